The van der Waals surface area contributed by atoms with Gasteiger partial charge in [-0.2, -0.15) is 0 Å². The fourth-order valence-corrected chi connectivity index (χ4v) is 0.815. The van der Waals surface area contributed by atoms with Gasteiger partial charge in [0.1, 0.15) is 5.82 Å². The summed E-state index contributed by atoms with van der Waals surface area (Å²) in [7, 11) is 1.91. The predicted octanol–water partition coefficient (Wildman–Crippen LogP) is 1.62. The summed E-state index contributed by atoms with van der Waals surface area (Å²) in [6.07, 6.45) is 12.3. The average molecular weight is 158 g/mol. The van der Waals surface area contributed by atoms with E-state index in [1.54, 1.807) is 12.3 Å². The molecule has 0 bridgehead atoms. The second-order valence-electron chi connectivity index (χ2n) is 2.34. The first kappa shape index (κ1) is 8.35. The number of hydrogen-bond donors (Lipinski definition) is 0. The van der Waals surface area contributed by atoms with Crippen molar-refractivity contribution in [2.75, 3.05) is 0 Å². The van der Waals surface area contributed by atoms with Crippen LogP contribution in [0.5, 0.6) is 0 Å². The van der Waals surface area contributed by atoms with Gasteiger partial charge in [0.15, 0.2) is 0 Å². The number of hydrogen-bond acceptors (Lipinski definition) is 1. The van der Waals surface area contributed by atoms with Gasteiger partial charge in [-0.05, 0) is 6.08 Å². The Morgan fingerprint density at radius 1 is 1.83 bits per heavy atom. The molecule has 0 aromatic carbocycles. The van der Waals surface area contributed by atoms with Crippen LogP contribution in [0.2, 0.25) is 0 Å². The highest BCUT2D eigenvalue weighted by molar-refractivity contribution is 5.56. The first-order valence-electron chi connectivity index (χ1n) is 3.56. The summed E-state index contributed by atoms with van der Waals surface area (Å²) < 4.78 is 1.89. The summed E-state index contributed by atoms with van der Waals surface area (Å²) in [6.45, 7) is 3.59. The van der Waals surface area contributed by atoms with Crippen molar-refractivity contribution in [2.45, 2.75) is 0 Å². The summed E-state index contributed by atoms with van der Waals surface area (Å²) in [5.74, 6) is 3.34. The molecule has 0 atom stereocenters. The van der Waals surface area contributed by atoms with Crippen LogP contribution in [0.25, 0.3) is 6.08 Å². The number of imidazole rings is 1. The van der Waals surface area contributed by atoms with E-state index in [1.165, 1.54) is 0 Å². The van der Waals surface area contributed by atoms with E-state index in [0.717, 1.165) is 11.4 Å². The monoisotopic (exact) mass is 158 g/mol. The number of aryl methyl sites for hydroxylation is 1. The molecule has 1 rings (SSSR count). The lowest BCUT2D eigenvalue weighted by atomic mass is 10.2. The predicted molar refractivity (Wildman–Crippen MR) is 50.2 cm³/mol. The zero-order chi connectivity index (χ0) is 8.97. The van der Waals surface area contributed by atoms with Crippen molar-refractivity contribution in [1.29, 1.82) is 0 Å². The molecule has 0 amide bonds. The Balaban J connectivity index is 3.03. The van der Waals surface area contributed by atoms with Gasteiger partial charge in [0.05, 0.1) is 0 Å². The van der Waals surface area contributed by atoms with Crippen LogP contribution >= 0.6 is 0 Å². The molecule has 60 valence electrons. The molecule has 2 heteroatoms. The van der Waals surface area contributed by atoms with Gasteiger partial charge in [0.25, 0.3) is 0 Å². The summed E-state index contributed by atoms with van der Waals surface area (Å²) in [4.78, 5) is 4.09. The van der Waals surface area contributed by atoms with Crippen molar-refractivity contribution in [2.24, 2.45) is 7.05 Å². The molecular formula is C10H10N2. The van der Waals surface area contributed by atoms with Gasteiger partial charge >= 0.3 is 0 Å². The Morgan fingerprint density at radius 2 is 2.58 bits per heavy atom. The molecule has 0 fully saturated rings. The third-order valence-corrected chi connectivity index (χ3v) is 1.53. The second kappa shape index (κ2) is 3.59. The standard InChI is InChI=1S/C10H10N2/c1-4-9(5-2)8-10-11-6-7-12(10)3/h1,5-8H,2H2,3H3/b9-8-. The van der Waals surface area contributed by atoms with Crippen molar-refractivity contribution >= 4 is 6.08 Å². The number of terminal acetylenes is 1. The molecule has 12 heavy (non-hydrogen) atoms. The maximum Gasteiger partial charge on any atom is 0.133 e. The van der Waals surface area contributed by atoms with Crippen molar-refractivity contribution in [3.8, 4) is 12.3 Å². The van der Waals surface area contributed by atoms with Crippen LogP contribution < -0.4 is 0 Å². The smallest absolute Gasteiger partial charge is 0.133 e. The fourth-order valence-electron chi connectivity index (χ4n) is 0.815. The van der Waals surface area contributed by atoms with Crippen molar-refractivity contribution in [1.82, 2.24) is 9.55 Å². The molecule has 1 heterocycles. The first-order valence-corrected chi connectivity index (χ1v) is 3.56. The normalized spacial score (nSPS) is 10.8. The van der Waals surface area contributed by atoms with E-state index in [9.17, 15) is 0 Å². The lowest BCUT2D eigenvalue weighted by Gasteiger charge is -1.94. The van der Waals surface area contributed by atoms with Crippen LogP contribution in [0.4, 0.5) is 0 Å². The van der Waals surface area contributed by atoms with E-state index in [4.69, 9.17) is 6.42 Å². The SMILES string of the molecule is C#C/C(C=C)=C/c1nccn1C. The van der Waals surface area contributed by atoms with E-state index in [-0.39, 0.29) is 0 Å². The minimum atomic E-state index is 0.740. The molecule has 0 aliphatic rings. The Morgan fingerprint density at radius 3 is 3.00 bits per heavy atom. The Bertz CT molecular complexity index is 350. The molecule has 2 nitrogen and oxygen atoms in total. The Labute approximate surface area is 72.2 Å². The van der Waals surface area contributed by atoms with Crippen LogP contribution in [0.15, 0.2) is 30.6 Å². The van der Waals surface area contributed by atoms with Crippen LogP contribution in [0, 0.1) is 12.3 Å². The van der Waals surface area contributed by atoms with Crippen LogP contribution in [0.1, 0.15) is 5.82 Å². The number of rotatable bonds is 2. The highest BCUT2D eigenvalue weighted by atomic mass is 15.0. The topological polar surface area (TPSA) is 17.8 Å². The van der Waals surface area contributed by atoms with Crippen molar-refractivity contribution < 1.29 is 0 Å². The summed E-state index contributed by atoms with van der Waals surface area (Å²) >= 11 is 0. The molecule has 0 N–H and O–H groups in total. The van der Waals surface area contributed by atoms with Gasteiger partial charge in [0, 0.05) is 25.0 Å². The van der Waals surface area contributed by atoms with Crippen molar-refractivity contribution in [3.05, 3.63) is 36.4 Å². The van der Waals surface area contributed by atoms with Gasteiger partial charge in [-0.1, -0.05) is 18.6 Å². The Kier molecular flexibility index (Phi) is 2.49. The highest BCUT2D eigenvalue weighted by Gasteiger charge is 1.93. The first-order chi connectivity index (χ1) is 5.77. The zero-order valence-electron chi connectivity index (χ0n) is 6.99. The Hall–Kier alpha value is -1.75. The average Bonchev–Trinajstić information content (AvgIpc) is 2.47. The van der Waals surface area contributed by atoms with Crippen LogP contribution in [-0.2, 0) is 7.05 Å². The van der Waals surface area contributed by atoms with E-state index in [1.807, 2.05) is 23.9 Å². The quantitative estimate of drug-likeness (QED) is 0.472. The third kappa shape index (κ3) is 1.64. The molecule has 0 unspecified atom stereocenters. The van der Waals surface area contributed by atoms with E-state index >= 15 is 0 Å². The lowest BCUT2D eigenvalue weighted by Crippen LogP contribution is -1.89. The molecule has 0 radical (unpaired) electrons. The van der Waals surface area contributed by atoms with E-state index < -0.39 is 0 Å². The molecule has 1 aromatic rings. The summed E-state index contributed by atoms with van der Waals surface area (Å²) in [5, 5.41) is 0. The van der Waals surface area contributed by atoms with Gasteiger partial charge in [0.2, 0.25) is 0 Å². The van der Waals surface area contributed by atoms with E-state index in [2.05, 4.69) is 17.5 Å². The number of allylic oxidation sites excluding steroid dienone is 2. The molecule has 0 aliphatic heterocycles. The lowest BCUT2D eigenvalue weighted by molar-refractivity contribution is 0.897. The van der Waals surface area contributed by atoms with Gasteiger partial charge in [-0.3, -0.25) is 0 Å². The highest BCUT2D eigenvalue weighted by Crippen LogP contribution is 2.03. The largest absolute Gasteiger partial charge is 0.335 e. The summed E-state index contributed by atoms with van der Waals surface area (Å²) in [5.41, 5.74) is 0.740. The van der Waals surface area contributed by atoms with Crippen molar-refractivity contribution in [3.63, 3.8) is 0 Å². The van der Waals surface area contributed by atoms with Gasteiger partial charge in [-0.25, -0.2) is 4.98 Å². The molecule has 0 saturated heterocycles. The fraction of sp³-hybridized carbons (Fsp3) is 0.100. The van der Waals surface area contributed by atoms with E-state index in [0.29, 0.717) is 0 Å². The number of aromatic nitrogens is 2. The second-order valence-corrected chi connectivity index (χ2v) is 2.34. The third-order valence-electron chi connectivity index (χ3n) is 1.53. The molecule has 0 aliphatic carbocycles. The molecule has 1 aromatic heterocycles. The molecular weight excluding hydrogens is 148 g/mol. The minimum Gasteiger partial charge on any atom is -0.335 e. The maximum absolute atomic E-state index is 5.22. The van der Waals surface area contributed by atoms with Gasteiger partial charge in [-0.15, -0.1) is 6.42 Å². The summed E-state index contributed by atoms with van der Waals surface area (Å²) in [6, 6.07) is 0. The van der Waals surface area contributed by atoms with Gasteiger partial charge < -0.3 is 4.57 Å². The number of nitrogens with zero attached hydrogens (tertiary/aromatic N) is 2. The van der Waals surface area contributed by atoms with Crippen LogP contribution in [0.3, 0.4) is 0 Å². The molecule has 0 spiro atoms. The maximum atomic E-state index is 5.22. The molecule has 0 saturated carbocycles. The minimum absolute atomic E-state index is 0.740. The zero-order valence-corrected chi connectivity index (χ0v) is 6.99. The van der Waals surface area contributed by atoms with Crippen LogP contribution in [-0.4, -0.2) is 9.55 Å².